The maximum Gasteiger partial charge on any atom is 0.189 e. The Morgan fingerprint density at radius 1 is 1.70 bits per heavy atom. The number of carbonyl (C=O) groups excluding carboxylic acids is 1. The Bertz CT molecular complexity index is 182. The molecule has 0 N–H and O–H groups in total. The highest BCUT2D eigenvalue weighted by molar-refractivity contribution is 5.94. The molecular weight excluding hydrogens is 131 g/mol. The van der Waals surface area contributed by atoms with Crippen molar-refractivity contribution >= 4 is 5.78 Å². The van der Waals surface area contributed by atoms with E-state index in [0.29, 0.717) is 6.42 Å². The van der Waals surface area contributed by atoms with Gasteiger partial charge < -0.3 is 0 Å². The predicted molar refractivity (Wildman–Crippen MR) is 37.4 cm³/mol. The third kappa shape index (κ3) is 1.43. The molecule has 0 aromatic rings. The monoisotopic (exact) mass is 142 g/mol. The number of rotatable bonds is 0. The fourth-order valence-corrected chi connectivity index (χ4v) is 1.04. The molecule has 0 saturated carbocycles. The van der Waals surface area contributed by atoms with E-state index in [2.05, 4.69) is 0 Å². The molecule has 0 spiro atoms. The first kappa shape index (κ1) is 7.45. The highest BCUT2D eigenvalue weighted by Gasteiger charge is 2.28. The molecule has 0 fully saturated rings. The van der Waals surface area contributed by atoms with E-state index in [-0.39, 0.29) is 11.2 Å². The van der Waals surface area contributed by atoms with Gasteiger partial charge in [0.25, 0.3) is 0 Å². The van der Waals surface area contributed by atoms with Crippen molar-refractivity contribution in [3.63, 3.8) is 0 Å². The lowest BCUT2D eigenvalue weighted by Crippen LogP contribution is -2.26. The second kappa shape index (κ2) is 2.19. The van der Waals surface area contributed by atoms with E-state index in [9.17, 15) is 9.18 Å². The molecule has 2 heteroatoms. The molecule has 0 heterocycles. The van der Waals surface area contributed by atoms with E-state index in [1.54, 1.807) is 6.08 Å². The molecule has 56 valence electrons. The molecule has 10 heavy (non-hydrogen) atoms. The Labute approximate surface area is 59.9 Å². The predicted octanol–water partition coefficient (Wildman–Crippen LogP) is 1.88. The van der Waals surface area contributed by atoms with Gasteiger partial charge in [-0.25, -0.2) is 4.39 Å². The number of allylic oxidation sites excluding steroid dienone is 2. The summed E-state index contributed by atoms with van der Waals surface area (Å²) >= 11 is 0. The summed E-state index contributed by atoms with van der Waals surface area (Å²) in [6.07, 6.45) is 2.15. The molecule has 0 aromatic carbocycles. The summed E-state index contributed by atoms with van der Waals surface area (Å²) in [5.41, 5.74) is -0.146. The van der Waals surface area contributed by atoms with E-state index in [0.717, 1.165) is 0 Å². The zero-order chi connectivity index (χ0) is 7.78. The van der Waals surface area contributed by atoms with E-state index in [1.165, 1.54) is 6.08 Å². The van der Waals surface area contributed by atoms with Gasteiger partial charge in [0.15, 0.2) is 12.0 Å². The van der Waals surface area contributed by atoms with Gasteiger partial charge in [-0.1, -0.05) is 19.9 Å². The topological polar surface area (TPSA) is 17.1 Å². The number of halogens is 1. The highest BCUT2D eigenvalue weighted by atomic mass is 19.1. The lowest BCUT2D eigenvalue weighted by Gasteiger charge is -2.24. The van der Waals surface area contributed by atoms with Crippen LogP contribution in [0.2, 0.25) is 0 Å². The summed E-state index contributed by atoms with van der Waals surface area (Å²) in [6, 6.07) is 0. The van der Waals surface area contributed by atoms with Crippen molar-refractivity contribution < 1.29 is 9.18 Å². The molecule has 0 bridgehead atoms. The quantitative estimate of drug-likeness (QED) is 0.504. The SMILES string of the molecule is CC1(C)C=CC(=O)C(F)C1. The molecule has 1 nitrogen and oxygen atoms in total. The molecule has 1 unspecified atom stereocenters. The van der Waals surface area contributed by atoms with Crippen molar-refractivity contribution in [3.05, 3.63) is 12.2 Å². The Morgan fingerprint density at radius 3 is 2.70 bits per heavy atom. The van der Waals surface area contributed by atoms with E-state index in [4.69, 9.17) is 0 Å². The van der Waals surface area contributed by atoms with Crippen LogP contribution < -0.4 is 0 Å². The van der Waals surface area contributed by atoms with Gasteiger partial charge in [-0.05, 0) is 17.9 Å². The molecule has 0 aliphatic heterocycles. The fourth-order valence-electron chi connectivity index (χ4n) is 1.04. The summed E-state index contributed by atoms with van der Waals surface area (Å²) in [6.45, 7) is 3.84. The van der Waals surface area contributed by atoms with Crippen molar-refractivity contribution in [2.24, 2.45) is 5.41 Å². The van der Waals surface area contributed by atoms with Crippen molar-refractivity contribution in [1.82, 2.24) is 0 Å². The maximum atomic E-state index is 12.7. The molecule has 0 amide bonds. The van der Waals surface area contributed by atoms with Gasteiger partial charge >= 0.3 is 0 Å². The third-order valence-corrected chi connectivity index (χ3v) is 1.71. The van der Waals surface area contributed by atoms with Crippen LogP contribution in [0.1, 0.15) is 20.3 Å². The van der Waals surface area contributed by atoms with E-state index < -0.39 is 6.17 Å². The van der Waals surface area contributed by atoms with Crippen molar-refractivity contribution in [2.75, 3.05) is 0 Å². The second-order valence-electron chi connectivity index (χ2n) is 3.40. The van der Waals surface area contributed by atoms with Crippen LogP contribution in [0.15, 0.2) is 12.2 Å². The molecule has 1 rings (SSSR count). The fraction of sp³-hybridized carbons (Fsp3) is 0.625. The van der Waals surface area contributed by atoms with Crippen LogP contribution in [0.4, 0.5) is 4.39 Å². The number of alkyl halides is 1. The summed E-state index contributed by atoms with van der Waals surface area (Å²) in [4.78, 5) is 10.6. The van der Waals surface area contributed by atoms with E-state index >= 15 is 0 Å². The zero-order valence-electron chi connectivity index (χ0n) is 6.23. The number of hydrogen-bond acceptors (Lipinski definition) is 1. The standard InChI is InChI=1S/C8H11FO/c1-8(2)4-3-7(10)6(9)5-8/h3-4,6H,5H2,1-2H3. The van der Waals surface area contributed by atoms with Crippen LogP contribution in [0.3, 0.4) is 0 Å². The first-order valence-electron chi connectivity index (χ1n) is 3.38. The number of ketones is 1. The van der Waals surface area contributed by atoms with Crippen LogP contribution in [0, 0.1) is 5.41 Å². The number of carbonyl (C=O) groups is 1. The number of hydrogen-bond donors (Lipinski definition) is 0. The summed E-state index contributed by atoms with van der Waals surface area (Å²) in [7, 11) is 0. The third-order valence-electron chi connectivity index (χ3n) is 1.71. The first-order chi connectivity index (χ1) is 4.51. The summed E-state index contributed by atoms with van der Waals surface area (Å²) < 4.78 is 12.7. The largest absolute Gasteiger partial charge is 0.292 e. The molecule has 1 aliphatic rings. The molecular formula is C8H11FO. The first-order valence-corrected chi connectivity index (χ1v) is 3.38. The maximum absolute atomic E-state index is 12.7. The zero-order valence-corrected chi connectivity index (χ0v) is 6.23. The van der Waals surface area contributed by atoms with Crippen LogP contribution in [-0.2, 0) is 4.79 Å². The van der Waals surface area contributed by atoms with Crippen molar-refractivity contribution in [3.8, 4) is 0 Å². The Kier molecular flexibility index (Phi) is 1.63. The van der Waals surface area contributed by atoms with Crippen LogP contribution in [-0.4, -0.2) is 12.0 Å². The minimum Gasteiger partial charge on any atom is -0.292 e. The minimum absolute atomic E-state index is 0.146. The summed E-state index contributed by atoms with van der Waals surface area (Å²) in [5.74, 6) is -0.390. The Balaban J connectivity index is 2.78. The molecule has 0 aromatic heterocycles. The average Bonchev–Trinajstić information content (AvgIpc) is 1.79. The lowest BCUT2D eigenvalue weighted by atomic mass is 9.82. The van der Waals surface area contributed by atoms with Crippen molar-refractivity contribution in [1.29, 1.82) is 0 Å². The van der Waals surface area contributed by atoms with Gasteiger partial charge in [-0.2, -0.15) is 0 Å². The highest BCUT2D eigenvalue weighted by Crippen LogP contribution is 2.29. The van der Waals surface area contributed by atoms with Gasteiger partial charge in [-0.15, -0.1) is 0 Å². The normalized spacial score (nSPS) is 30.7. The summed E-state index contributed by atoms with van der Waals surface area (Å²) in [5, 5.41) is 0. The van der Waals surface area contributed by atoms with Gasteiger partial charge in [0.05, 0.1) is 0 Å². The Hall–Kier alpha value is -0.660. The second-order valence-corrected chi connectivity index (χ2v) is 3.40. The van der Waals surface area contributed by atoms with Crippen LogP contribution in [0.5, 0.6) is 0 Å². The van der Waals surface area contributed by atoms with Crippen LogP contribution in [0.25, 0.3) is 0 Å². The van der Waals surface area contributed by atoms with Gasteiger partial charge in [0, 0.05) is 0 Å². The van der Waals surface area contributed by atoms with Gasteiger partial charge in [0.1, 0.15) is 0 Å². The van der Waals surface area contributed by atoms with Crippen LogP contribution >= 0.6 is 0 Å². The molecule has 0 radical (unpaired) electrons. The molecule has 0 saturated heterocycles. The van der Waals surface area contributed by atoms with Gasteiger partial charge in [-0.3, -0.25) is 4.79 Å². The molecule has 1 atom stereocenters. The van der Waals surface area contributed by atoms with Gasteiger partial charge in [0.2, 0.25) is 0 Å². The lowest BCUT2D eigenvalue weighted by molar-refractivity contribution is -0.120. The smallest absolute Gasteiger partial charge is 0.189 e. The Morgan fingerprint density at radius 2 is 2.30 bits per heavy atom. The minimum atomic E-state index is -1.28. The molecule has 1 aliphatic carbocycles. The van der Waals surface area contributed by atoms with E-state index in [1.807, 2.05) is 13.8 Å². The van der Waals surface area contributed by atoms with Crippen molar-refractivity contribution in [2.45, 2.75) is 26.4 Å². The average molecular weight is 142 g/mol.